The van der Waals surface area contributed by atoms with Crippen molar-refractivity contribution >= 4 is 29.2 Å². The number of fused-ring (bicyclic) bond motifs is 1. The molecule has 116 valence electrons. The molecule has 0 aliphatic rings. The smallest absolute Gasteiger partial charge is 0.338 e. The number of hydrogen-bond donors (Lipinski definition) is 1. The Kier molecular flexibility index (Phi) is 3.75. The van der Waals surface area contributed by atoms with Crippen LogP contribution in [0.15, 0.2) is 35.4 Å². The molecule has 0 atom stereocenters. The lowest BCUT2D eigenvalue weighted by molar-refractivity contribution is 0.0603. The number of aromatic nitrogens is 4. The summed E-state index contributed by atoms with van der Waals surface area (Å²) in [7, 11) is 2.93. The van der Waals surface area contributed by atoms with E-state index in [1.165, 1.54) is 13.2 Å². The van der Waals surface area contributed by atoms with Crippen molar-refractivity contribution in [3.63, 3.8) is 0 Å². The van der Waals surface area contributed by atoms with Crippen molar-refractivity contribution in [2.45, 2.75) is 0 Å². The van der Waals surface area contributed by atoms with Gasteiger partial charge in [-0.15, -0.1) is 0 Å². The van der Waals surface area contributed by atoms with Gasteiger partial charge in [-0.1, -0.05) is 0 Å². The summed E-state index contributed by atoms with van der Waals surface area (Å²) in [6.07, 6.45) is 3.26. The number of carbonyl (C=O) groups excluding carboxylic acids is 1. The minimum Gasteiger partial charge on any atom is -0.465 e. The molecule has 0 bridgehead atoms. The highest BCUT2D eigenvalue weighted by Gasteiger charge is 2.19. The lowest BCUT2D eigenvalue weighted by atomic mass is 10.1. The summed E-state index contributed by atoms with van der Waals surface area (Å²) in [5.74, 6) is -0.620. The Morgan fingerprint density at radius 2 is 2.22 bits per heavy atom. The van der Waals surface area contributed by atoms with Gasteiger partial charge < -0.3 is 9.30 Å². The Morgan fingerprint density at radius 1 is 1.43 bits per heavy atom. The Labute approximate surface area is 135 Å². The fraction of sp³-hybridized carbons (Fsp3) is 0.133. The number of aromatic amines is 1. The monoisotopic (exact) mass is 328 g/mol. The maximum absolute atomic E-state index is 12.2. The highest BCUT2D eigenvalue weighted by Crippen LogP contribution is 2.22. The first kappa shape index (κ1) is 15.0. The molecule has 3 rings (SSSR count). The molecule has 0 amide bonds. The fourth-order valence-corrected chi connectivity index (χ4v) is 2.45. The van der Waals surface area contributed by atoms with Crippen molar-refractivity contribution in [3.05, 3.63) is 51.3 Å². The van der Waals surface area contributed by atoms with Gasteiger partial charge in [-0.25, -0.2) is 9.78 Å². The van der Waals surface area contributed by atoms with E-state index in [2.05, 4.69) is 15.0 Å². The molecule has 3 aromatic rings. The molecule has 0 radical (unpaired) electrons. The standard InChI is InChI=1S/C15H12N4O3S/c1-19-12-11(13(20)18-15(19)23)9(14(21)22-2)6-10(17-12)8-4-3-5-16-7-8/h3-7H,1-2H3,(H,18,20,23). The highest BCUT2D eigenvalue weighted by molar-refractivity contribution is 7.71. The van der Waals surface area contributed by atoms with Gasteiger partial charge in [-0.2, -0.15) is 0 Å². The normalized spacial score (nSPS) is 10.7. The number of aryl methyl sites for hydroxylation is 1. The Balaban J connectivity index is 2.47. The van der Waals surface area contributed by atoms with Crippen LogP contribution in [0.3, 0.4) is 0 Å². The van der Waals surface area contributed by atoms with Crippen LogP contribution in [0.2, 0.25) is 0 Å². The Morgan fingerprint density at radius 3 is 2.87 bits per heavy atom. The van der Waals surface area contributed by atoms with Crippen molar-refractivity contribution in [1.82, 2.24) is 19.5 Å². The molecule has 3 aromatic heterocycles. The molecule has 7 nitrogen and oxygen atoms in total. The quantitative estimate of drug-likeness (QED) is 0.570. The summed E-state index contributed by atoms with van der Waals surface area (Å²) in [5, 5.41) is 0.139. The van der Waals surface area contributed by atoms with Crippen LogP contribution in [0.25, 0.3) is 22.3 Å². The number of hydrogen-bond acceptors (Lipinski definition) is 6. The summed E-state index contributed by atoms with van der Waals surface area (Å²) < 4.78 is 6.55. The van der Waals surface area contributed by atoms with Gasteiger partial charge in [-0.05, 0) is 30.4 Å². The van der Waals surface area contributed by atoms with Gasteiger partial charge in [0.05, 0.1) is 23.8 Å². The zero-order chi connectivity index (χ0) is 16.6. The molecule has 0 saturated heterocycles. The van der Waals surface area contributed by atoms with Gasteiger partial charge in [-0.3, -0.25) is 14.8 Å². The van der Waals surface area contributed by atoms with Crippen LogP contribution < -0.4 is 5.56 Å². The lowest BCUT2D eigenvalue weighted by Crippen LogP contribution is -2.18. The number of pyridine rings is 2. The van der Waals surface area contributed by atoms with Gasteiger partial charge >= 0.3 is 5.97 Å². The molecular weight excluding hydrogens is 316 g/mol. The average Bonchev–Trinajstić information content (AvgIpc) is 2.58. The number of nitrogens with one attached hydrogen (secondary N) is 1. The largest absolute Gasteiger partial charge is 0.465 e. The van der Waals surface area contributed by atoms with Crippen LogP contribution in [0, 0.1) is 4.77 Å². The summed E-state index contributed by atoms with van der Waals surface area (Å²) in [4.78, 5) is 35.4. The summed E-state index contributed by atoms with van der Waals surface area (Å²) >= 11 is 5.10. The topological polar surface area (TPSA) is 89.9 Å². The second-order valence-electron chi connectivity index (χ2n) is 4.81. The summed E-state index contributed by atoms with van der Waals surface area (Å²) in [5.41, 5.74) is 1.17. The van der Waals surface area contributed by atoms with Crippen LogP contribution in [0.1, 0.15) is 10.4 Å². The molecule has 3 heterocycles. The molecular formula is C15H12N4O3S. The lowest BCUT2D eigenvalue weighted by Gasteiger charge is -2.10. The van der Waals surface area contributed by atoms with Gasteiger partial charge in [0.2, 0.25) is 0 Å². The Bertz CT molecular complexity index is 1020. The summed E-state index contributed by atoms with van der Waals surface area (Å²) in [6.45, 7) is 0. The molecule has 0 spiro atoms. The van der Waals surface area contributed by atoms with E-state index in [0.29, 0.717) is 16.9 Å². The van der Waals surface area contributed by atoms with E-state index in [1.807, 2.05) is 6.07 Å². The number of H-pyrrole nitrogens is 1. The third kappa shape index (κ3) is 2.53. The van der Waals surface area contributed by atoms with E-state index in [-0.39, 0.29) is 15.7 Å². The van der Waals surface area contributed by atoms with E-state index in [0.717, 1.165) is 0 Å². The highest BCUT2D eigenvalue weighted by atomic mass is 32.1. The zero-order valence-corrected chi connectivity index (χ0v) is 13.2. The second-order valence-corrected chi connectivity index (χ2v) is 5.19. The number of methoxy groups -OCH3 is 1. The summed E-state index contributed by atoms with van der Waals surface area (Å²) in [6, 6.07) is 5.09. The van der Waals surface area contributed by atoms with Gasteiger partial charge in [0, 0.05) is 25.0 Å². The van der Waals surface area contributed by atoms with E-state index in [9.17, 15) is 9.59 Å². The van der Waals surface area contributed by atoms with E-state index in [1.54, 1.807) is 30.1 Å². The molecule has 1 N–H and O–H groups in total. The van der Waals surface area contributed by atoms with Crippen LogP contribution in [-0.2, 0) is 11.8 Å². The van der Waals surface area contributed by atoms with Gasteiger partial charge in [0.25, 0.3) is 5.56 Å². The fourth-order valence-electron chi connectivity index (χ4n) is 2.27. The van der Waals surface area contributed by atoms with Crippen LogP contribution in [-0.4, -0.2) is 32.6 Å². The number of rotatable bonds is 2. The number of carbonyl (C=O) groups is 1. The molecule has 0 aromatic carbocycles. The van der Waals surface area contributed by atoms with E-state index in [4.69, 9.17) is 17.0 Å². The van der Waals surface area contributed by atoms with E-state index >= 15 is 0 Å². The molecule has 23 heavy (non-hydrogen) atoms. The van der Waals surface area contributed by atoms with E-state index < -0.39 is 11.5 Å². The van der Waals surface area contributed by atoms with Crippen molar-refractivity contribution < 1.29 is 9.53 Å². The predicted molar refractivity (Wildman–Crippen MR) is 86.7 cm³/mol. The maximum Gasteiger partial charge on any atom is 0.338 e. The van der Waals surface area contributed by atoms with Crippen LogP contribution in [0.4, 0.5) is 0 Å². The third-order valence-electron chi connectivity index (χ3n) is 3.43. The minimum atomic E-state index is -0.620. The second kappa shape index (κ2) is 5.73. The predicted octanol–water partition coefficient (Wildman–Crippen LogP) is 1.84. The molecule has 0 unspecified atom stereocenters. The zero-order valence-electron chi connectivity index (χ0n) is 12.4. The number of nitrogens with zero attached hydrogens (tertiary/aromatic N) is 3. The first-order chi connectivity index (χ1) is 11.0. The van der Waals surface area contributed by atoms with Crippen molar-refractivity contribution in [3.8, 4) is 11.3 Å². The van der Waals surface area contributed by atoms with Gasteiger partial charge in [0.1, 0.15) is 5.65 Å². The Hall–Kier alpha value is -2.87. The maximum atomic E-state index is 12.2. The molecule has 0 saturated carbocycles. The average molecular weight is 328 g/mol. The number of esters is 1. The minimum absolute atomic E-state index is 0.128. The van der Waals surface area contributed by atoms with Crippen LogP contribution in [0.5, 0.6) is 0 Å². The SMILES string of the molecule is COC(=O)c1cc(-c2cccnc2)nc2c1c(=O)[nH]c(=S)n2C. The van der Waals surface area contributed by atoms with Crippen molar-refractivity contribution in [2.24, 2.45) is 7.05 Å². The molecule has 8 heteroatoms. The third-order valence-corrected chi connectivity index (χ3v) is 3.81. The first-order valence-corrected chi connectivity index (χ1v) is 7.06. The van der Waals surface area contributed by atoms with Crippen molar-refractivity contribution in [1.29, 1.82) is 0 Å². The first-order valence-electron chi connectivity index (χ1n) is 6.65. The van der Waals surface area contributed by atoms with Crippen LogP contribution >= 0.6 is 12.2 Å². The number of ether oxygens (including phenoxy) is 1. The molecule has 0 fully saturated rings. The molecule has 0 aliphatic carbocycles. The molecule has 0 aliphatic heterocycles. The van der Waals surface area contributed by atoms with Crippen molar-refractivity contribution in [2.75, 3.05) is 7.11 Å². The van der Waals surface area contributed by atoms with Gasteiger partial charge in [0.15, 0.2) is 4.77 Å².